The van der Waals surface area contributed by atoms with E-state index >= 15 is 0 Å². The second-order valence-electron chi connectivity index (χ2n) is 4.51. The third-order valence-electron chi connectivity index (χ3n) is 2.83. The molecule has 0 saturated heterocycles. The number of carbonyl (C=O) groups excluding carboxylic acids is 1. The fourth-order valence-electron chi connectivity index (χ4n) is 1.72. The Morgan fingerprint density at radius 3 is 2.73 bits per heavy atom. The SMILES string of the molecule is CC(Oc1cccc(C#N)c1)C(=O)Nc1ccc(Br)cc1Br. The van der Waals surface area contributed by atoms with Gasteiger partial charge in [-0.3, -0.25) is 4.79 Å². The van der Waals surface area contributed by atoms with Crippen LogP contribution in [0.3, 0.4) is 0 Å². The molecule has 0 spiro atoms. The number of hydrogen-bond acceptors (Lipinski definition) is 3. The zero-order chi connectivity index (χ0) is 16.1. The molecule has 0 fully saturated rings. The number of halogens is 2. The van der Waals surface area contributed by atoms with Crippen molar-refractivity contribution in [2.24, 2.45) is 0 Å². The third-order valence-corrected chi connectivity index (χ3v) is 3.98. The molecule has 112 valence electrons. The van der Waals surface area contributed by atoms with Gasteiger partial charge in [-0.15, -0.1) is 0 Å². The van der Waals surface area contributed by atoms with Gasteiger partial charge in [0.05, 0.1) is 17.3 Å². The molecular formula is C16H12Br2N2O2. The van der Waals surface area contributed by atoms with Gasteiger partial charge in [-0.05, 0) is 59.3 Å². The first-order chi connectivity index (χ1) is 10.5. The molecule has 0 heterocycles. The maximum atomic E-state index is 12.2. The lowest BCUT2D eigenvalue weighted by atomic mass is 10.2. The van der Waals surface area contributed by atoms with Crippen molar-refractivity contribution in [3.8, 4) is 11.8 Å². The third kappa shape index (κ3) is 4.33. The van der Waals surface area contributed by atoms with E-state index < -0.39 is 6.10 Å². The Bertz CT molecular complexity index is 741. The Morgan fingerprint density at radius 2 is 2.05 bits per heavy atom. The van der Waals surface area contributed by atoms with Crippen LogP contribution in [0, 0.1) is 11.3 Å². The van der Waals surface area contributed by atoms with Crippen molar-refractivity contribution in [2.45, 2.75) is 13.0 Å². The number of nitrogens with zero attached hydrogens (tertiary/aromatic N) is 1. The average Bonchev–Trinajstić information content (AvgIpc) is 2.50. The topological polar surface area (TPSA) is 62.1 Å². The van der Waals surface area contributed by atoms with Crippen molar-refractivity contribution in [3.63, 3.8) is 0 Å². The number of hydrogen-bond donors (Lipinski definition) is 1. The minimum atomic E-state index is -0.690. The summed E-state index contributed by atoms with van der Waals surface area (Å²) in [6, 6.07) is 14.2. The zero-order valence-electron chi connectivity index (χ0n) is 11.6. The molecule has 1 atom stereocenters. The Morgan fingerprint density at radius 1 is 1.27 bits per heavy atom. The molecule has 0 radical (unpaired) electrons. The van der Waals surface area contributed by atoms with Crippen molar-refractivity contribution in [1.29, 1.82) is 5.26 Å². The smallest absolute Gasteiger partial charge is 0.265 e. The van der Waals surface area contributed by atoms with E-state index in [-0.39, 0.29) is 5.91 Å². The maximum absolute atomic E-state index is 12.2. The quantitative estimate of drug-likeness (QED) is 0.787. The second kappa shape index (κ2) is 7.43. The molecule has 22 heavy (non-hydrogen) atoms. The molecule has 2 rings (SSSR count). The number of amides is 1. The Labute approximate surface area is 145 Å². The number of nitrogens with one attached hydrogen (secondary N) is 1. The van der Waals surface area contributed by atoms with E-state index in [0.717, 1.165) is 8.95 Å². The second-order valence-corrected chi connectivity index (χ2v) is 6.28. The van der Waals surface area contributed by atoms with Gasteiger partial charge in [0.2, 0.25) is 0 Å². The Kier molecular flexibility index (Phi) is 5.58. The Hall–Kier alpha value is -1.84. The highest BCUT2D eigenvalue weighted by atomic mass is 79.9. The van der Waals surface area contributed by atoms with Crippen LogP contribution >= 0.6 is 31.9 Å². The molecule has 0 saturated carbocycles. The van der Waals surface area contributed by atoms with E-state index in [1.54, 1.807) is 37.3 Å². The van der Waals surface area contributed by atoms with Gasteiger partial charge in [0.15, 0.2) is 6.10 Å². The molecular weight excluding hydrogens is 412 g/mol. The van der Waals surface area contributed by atoms with E-state index in [2.05, 4.69) is 37.2 Å². The average molecular weight is 424 g/mol. The molecule has 0 aromatic heterocycles. The molecule has 1 unspecified atom stereocenters. The van der Waals surface area contributed by atoms with Crippen LogP contribution in [0.5, 0.6) is 5.75 Å². The first-order valence-electron chi connectivity index (χ1n) is 6.42. The molecule has 0 aliphatic carbocycles. The van der Waals surface area contributed by atoms with Crippen LogP contribution in [0.2, 0.25) is 0 Å². The predicted molar refractivity (Wildman–Crippen MR) is 91.7 cm³/mol. The van der Waals surface area contributed by atoms with Crippen LogP contribution in [0.4, 0.5) is 5.69 Å². The van der Waals surface area contributed by atoms with Gasteiger partial charge in [0, 0.05) is 8.95 Å². The van der Waals surface area contributed by atoms with Gasteiger partial charge in [-0.25, -0.2) is 0 Å². The summed E-state index contributed by atoms with van der Waals surface area (Å²) in [6.45, 7) is 1.65. The zero-order valence-corrected chi connectivity index (χ0v) is 14.8. The van der Waals surface area contributed by atoms with Gasteiger partial charge in [-0.1, -0.05) is 22.0 Å². The normalized spacial score (nSPS) is 11.4. The van der Waals surface area contributed by atoms with Crippen LogP contribution in [0.1, 0.15) is 12.5 Å². The van der Waals surface area contributed by atoms with Crippen molar-refractivity contribution in [1.82, 2.24) is 0 Å². The van der Waals surface area contributed by atoms with Gasteiger partial charge >= 0.3 is 0 Å². The number of benzene rings is 2. The number of rotatable bonds is 4. The molecule has 1 N–H and O–H groups in total. The van der Waals surface area contributed by atoms with Crippen LogP contribution in [0.25, 0.3) is 0 Å². The van der Waals surface area contributed by atoms with Crippen molar-refractivity contribution in [3.05, 3.63) is 57.0 Å². The summed E-state index contributed by atoms with van der Waals surface area (Å²) < 4.78 is 7.25. The van der Waals surface area contributed by atoms with E-state index in [1.807, 2.05) is 18.2 Å². The number of ether oxygens (including phenoxy) is 1. The minimum Gasteiger partial charge on any atom is -0.481 e. The highest BCUT2D eigenvalue weighted by Crippen LogP contribution is 2.26. The van der Waals surface area contributed by atoms with Crippen molar-refractivity contribution in [2.75, 3.05) is 5.32 Å². The number of nitriles is 1. The monoisotopic (exact) mass is 422 g/mol. The summed E-state index contributed by atoms with van der Waals surface area (Å²) >= 11 is 6.74. The lowest BCUT2D eigenvalue weighted by Gasteiger charge is -2.15. The summed E-state index contributed by atoms with van der Waals surface area (Å²) in [5, 5.41) is 11.6. The lowest BCUT2D eigenvalue weighted by molar-refractivity contribution is -0.122. The largest absolute Gasteiger partial charge is 0.481 e. The predicted octanol–water partition coefficient (Wildman–Crippen LogP) is 4.49. The Balaban J connectivity index is 2.04. The van der Waals surface area contributed by atoms with E-state index in [4.69, 9.17) is 10.00 Å². The van der Waals surface area contributed by atoms with Crippen LogP contribution in [0.15, 0.2) is 51.4 Å². The van der Waals surface area contributed by atoms with Crippen LogP contribution in [-0.4, -0.2) is 12.0 Å². The van der Waals surface area contributed by atoms with Gasteiger partial charge in [0.25, 0.3) is 5.91 Å². The molecule has 1 amide bonds. The highest BCUT2D eigenvalue weighted by Gasteiger charge is 2.16. The minimum absolute atomic E-state index is 0.273. The van der Waals surface area contributed by atoms with Crippen molar-refractivity contribution < 1.29 is 9.53 Å². The van der Waals surface area contributed by atoms with Crippen molar-refractivity contribution >= 4 is 43.5 Å². The van der Waals surface area contributed by atoms with E-state index in [9.17, 15) is 4.79 Å². The van der Waals surface area contributed by atoms with Crippen LogP contribution in [-0.2, 0) is 4.79 Å². The number of carbonyl (C=O) groups is 1. The fraction of sp³-hybridized carbons (Fsp3) is 0.125. The number of anilines is 1. The molecule has 2 aromatic carbocycles. The van der Waals surface area contributed by atoms with E-state index in [0.29, 0.717) is 17.0 Å². The molecule has 6 heteroatoms. The summed E-state index contributed by atoms with van der Waals surface area (Å²) in [5.41, 5.74) is 1.15. The van der Waals surface area contributed by atoms with Gasteiger partial charge in [-0.2, -0.15) is 5.26 Å². The highest BCUT2D eigenvalue weighted by molar-refractivity contribution is 9.11. The summed E-state index contributed by atoms with van der Waals surface area (Å²) in [6.07, 6.45) is -0.690. The van der Waals surface area contributed by atoms with Crippen LogP contribution < -0.4 is 10.1 Å². The summed E-state index contributed by atoms with van der Waals surface area (Å²) in [4.78, 5) is 12.2. The molecule has 0 aliphatic rings. The first kappa shape index (κ1) is 16.5. The standard InChI is InChI=1S/C16H12Br2N2O2/c1-10(22-13-4-2-3-11(7-13)9-19)16(21)20-15-6-5-12(17)8-14(15)18/h2-8,10H,1H3,(H,20,21). The molecule has 4 nitrogen and oxygen atoms in total. The fourth-order valence-corrected chi connectivity index (χ4v) is 2.87. The first-order valence-corrected chi connectivity index (χ1v) is 8.01. The van der Waals surface area contributed by atoms with Gasteiger partial charge in [0.1, 0.15) is 5.75 Å². The lowest BCUT2D eigenvalue weighted by Crippen LogP contribution is -2.30. The molecule has 2 aromatic rings. The molecule has 0 bridgehead atoms. The molecule has 0 aliphatic heterocycles. The van der Waals surface area contributed by atoms with Gasteiger partial charge < -0.3 is 10.1 Å². The van der Waals surface area contributed by atoms with E-state index in [1.165, 1.54) is 0 Å². The summed E-state index contributed by atoms with van der Waals surface area (Å²) in [7, 11) is 0. The maximum Gasteiger partial charge on any atom is 0.265 e. The summed E-state index contributed by atoms with van der Waals surface area (Å²) in [5.74, 6) is 0.210.